The van der Waals surface area contributed by atoms with Crippen molar-refractivity contribution in [3.05, 3.63) is 29.6 Å². The van der Waals surface area contributed by atoms with Crippen molar-refractivity contribution in [2.24, 2.45) is 0 Å². The third kappa shape index (κ3) is 2.73. The molecule has 0 aliphatic rings. The molecule has 14 heavy (non-hydrogen) atoms. The monoisotopic (exact) mass is 197 g/mol. The van der Waals surface area contributed by atoms with Gasteiger partial charge in [-0.1, -0.05) is 6.07 Å². The predicted molar refractivity (Wildman–Crippen MR) is 50.8 cm³/mol. The summed E-state index contributed by atoms with van der Waals surface area (Å²) in [6, 6.07) is 4.36. The zero-order valence-electron chi connectivity index (χ0n) is 8.13. The Hall–Kier alpha value is -1.58. The lowest BCUT2D eigenvalue weighted by atomic mass is 10.2. The van der Waals surface area contributed by atoms with Crippen LogP contribution in [0.1, 0.15) is 12.5 Å². The third-order valence-corrected chi connectivity index (χ3v) is 1.61. The van der Waals surface area contributed by atoms with Gasteiger partial charge in [-0.25, -0.2) is 9.18 Å². The average Bonchev–Trinajstić information content (AvgIpc) is 2.12. The molecule has 1 N–H and O–H groups in total. The third-order valence-electron chi connectivity index (χ3n) is 1.61. The van der Waals surface area contributed by atoms with Crippen molar-refractivity contribution in [3.8, 4) is 5.75 Å². The molecule has 0 saturated carbocycles. The first-order valence-corrected chi connectivity index (χ1v) is 4.35. The largest absolute Gasteiger partial charge is 0.412 e. The molecule has 0 aliphatic heterocycles. The molecular weight excluding hydrogens is 185 g/mol. The van der Waals surface area contributed by atoms with E-state index in [1.165, 1.54) is 12.1 Å². The number of carbonyl (C=O) groups is 1. The Bertz CT molecular complexity index is 339. The van der Waals surface area contributed by atoms with E-state index in [0.717, 1.165) is 5.56 Å². The van der Waals surface area contributed by atoms with Crippen molar-refractivity contribution >= 4 is 6.09 Å². The van der Waals surface area contributed by atoms with Crippen LogP contribution in [-0.2, 0) is 0 Å². The molecule has 0 aromatic heterocycles. The topological polar surface area (TPSA) is 38.3 Å². The van der Waals surface area contributed by atoms with Gasteiger partial charge in [0.25, 0.3) is 0 Å². The summed E-state index contributed by atoms with van der Waals surface area (Å²) < 4.78 is 17.8. The second-order valence-electron chi connectivity index (χ2n) is 2.85. The van der Waals surface area contributed by atoms with Gasteiger partial charge in [-0.2, -0.15) is 0 Å². The van der Waals surface area contributed by atoms with E-state index in [1.54, 1.807) is 19.9 Å². The quantitative estimate of drug-likeness (QED) is 0.789. The van der Waals surface area contributed by atoms with Crippen LogP contribution in [0.2, 0.25) is 0 Å². The van der Waals surface area contributed by atoms with Crippen LogP contribution in [0.3, 0.4) is 0 Å². The number of ether oxygens (including phenoxy) is 1. The molecule has 3 nitrogen and oxygen atoms in total. The van der Waals surface area contributed by atoms with E-state index in [0.29, 0.717) is 6.54 Å². The van der Waals surface area contributed by atoms with Gasteiger partial charge in [0.1, 0.15) is 0 Å². The molecule has 1 aromatic carbocycles. The first kappa shape index (κ1) is 10.5. The van der Waals surface area contributed by atoms with Gasteiger partial charge in [0.2, 0.25) is 0 Å². The van der Waals surface area contributed by atoms with Gasteiger partial charge in [-0.3, -0.25) is 0 Å². The van der Waals surface area contributed by atoms with Crippen molar-refractivity contribution in [2.45, 2.75) is 13.8 Å². The fourth-order valence-corrected chi connectivity index (χ4v) is 0.969. The molecule has 4 heteroatoms. The summed E-state index contributed by atoms with van der Waals surface area (Å²) in [5.74, 6) is -0.585. The molecule has 0 radical (unpaired) electrons. The van der Waals surface area contributed by atoms with E-state index in [-0.39, 0.29) is 5.75 Å². The van der Waals surface area contributed by atoms with E-state index >= 15 is 0 Å². The highest BCUT2D eigenvalue weighted by atomic mass is 19.1. The molecule has 0 bridgehead atoms. The van der Waals surface area contributed by atoms with Crippen LogP contribution >= 0.6 is 0 Å². The molecular formula is C10H12FNO2. The van der Waals surface area contributed by atoms with Crippen LogP contribution in [-0.4, -0.2) is 12.6 Å². The Kier molecular flexibility index (Phi) is 3.45. The fraction of sp³-hybridized carbons (Fsp3) is 0.300. The number of halogens is 1. The van der Waals surface area contributed by atoms with Crippen molar-refractivity contribution in [1.82, 2.24) is 5.32 Å². The fourth-order valence-electron chi connectivity index (χ4n) is 0.969. The molecule has 0 atom stereocenters. The van der Waals surface area contributed by atoms with Crippen molar-refractivity contribution < 1.29 is 13.9 Å². The Morgan fingerprint density at radius 1 is 1.57 bits per heavy atom. The van der Waals surface area contributed by atoms with E-state index in [2.05, 4.69) is 5.32 Å². The number of aryl methyl sites for hydroxylation is 1. The van der Waals surface area contributed by atoms with Crippen LogP contribution < -0.4 is 10.1 Å². The Balaban J connectivity index is 2.75. The summed E-state index contributed by atoms with van der Waals surface area (Å²) >= 11 is 0. The lowest BCUT2D eigenvalue weighted by Crippen LogP contribution is -2.26. The van der Waals surface area contributed by atoms with Crippen LogP contribution in [0, 0.1) is 12.7 Å². The minimum absolute atomic E-state index is 0.0454. The molecule has 1 amide bonds. The summed E-state index contributed by atoms with van der Waals surface area (Å²) in [5.41, 5.74) is 0.839. The van der Waals surface area contributed by atoms with Crippen LogP contribution in [0.25, 0.3) is 0 Å². The van der Waals surface area contributed by atoms with Gasteiger partial charge in [-0.15, -0.1) is 0 Å². The van der Waals surface area contributed by atoms with Crippen LogP contribution in [0.4, 0.5) is 9.18 Å². The number of amides is 1. The number of carbonyl (C=O) groups excluding carboxylic acids is 1. The highest BCUT2D eigenvalue weighted by Crippen LogP contribution is 2.18. The molecule has 0 fully saturated rings. The van der Waals surface area contributed by atoms with E-state index in [9.17, 15) is 9.18 Å². The highest BCUT2D eigenvalue weighted by molar-refractivity contribution is 5.70. The van der Waals surface area contributed by atoms with Crippen LogP contribution in [0.5, 0.6) is 5.75 Å². The summed E-state index contributed by atoms with van der Waals surface area (Å²) in [7, 11) is 0. The van der Waals surface area contributed by atoms with E-state index in [4.69, 9.17) is 4.74 Å². The maximum absolute atomic E-state index is 13.1. The summed E-state index contributed by atoms with van der Waals surface area (Å²) in [6.45, 7) is 4.00. The van der Waals surface area contributed by atoms with Gasteiger partial charge in [0, 0.05) is 6.54 Å². The number of nitrogens with one attached hydrogen (secondary N) is 1. The zero-order valence-corrected chi connectivity index (χ0v) is 8.13. The van der Waals surface area contributed by atoms with E-state index in [1.807, 2.05) is 0 Å². The minimum Gasteiger partial charge on any atom is -0.407 e. The SMILES string of the molecule is CCNC(=O)Oc1cc(C)ccc1F. The highest BCUT2D eigenvalue weighted by Gasteiger charge is 2.07. The number of rotatable bonds is 2. The first-order chi connectivity index (χ1) is 6.63. The van der Waals surface area contributed by atoms with Crippen molar-refractivity contribution in [2.75, 3.05) is 6.54 Å². The lowest BCUT2D eigenvalue weighted by molar-refractivity contribution is 0.199. The molecule has 0 saturated heterocycles. The van der Waals surface area contributed by atoms with Gasteiger partial charge in [0.15, 0.2) is 11.6 Å². The minimum atomic E-state index is -0.642. The number of hydrogen-bond acceptors (Lipinski definition) is 2. The molecule has 0 spiro atoms. The molecule has 76 valence electrons. The number of benzene rings is 1. The predicted octanol–water partition coefficient (Wildman–Crippen LogP) is 2.24. The molecule has 0 heterocycles. The maximum Gasteiger partial charge on any atom is 0.412 e. The smallest absolute Gasteiger partial charge is 0.407 e. The summed E-state index contributed by atoms with van der Waals surface area (Å²) in [5, 5.41) is 2.41. The van der Waals surface area contributed by atoms with Crippen LogP contribution in [0.15, 0.2) is 18.2 Å². The van der Waals surface area contributed by atoms with Gasteiger partial charge in [-0.05, 0) is 31.5 Å². The first-order valence-electron chi connectivity index (χ1n) is 4.35. The number of hydrogen-bond donors (Lipinski definition) is 1. The lowest BCUT2D eigenvalue weighted by Gasteiger charge is -2.06. The Morgan fingerprint density at radius 2 is 2.29 bits per heavy atom. The van der Waals surface area contributed by atoms with Gasteiger partial charge < -0.3 is 10.1 Å². The second-order valence-corrected chi connectivity index (χ2v) is 2.85. The van der Waals surface area contributed by atoms with E-state index < -0.39 is 11.9 Å². The molecule has 0 unspecified atom stereocenters. The Morgan fingerprint density at radius 3 is 2.93 bits per heavy atom. The molecule has 0 aliphatic carbocycles. The molecule has 1 aromatic rings. The molecule has 1 rings (SSSR count). The van der Waals surface area contributed by atoms with Gasteiger partial charge >= 0.3 is 6.09 Å². The zero-order chi connectivity index (χ0) is 10.6. The average molecular weight is 197 g/mol. The normalized spacial score (nSPS) is 9.64. The summed E-state index contributed by atoms with van der Waals surface area (Å²) in [6.07, 6.45) is -0.642. The maximum atomic E-state index is 13.1. The van der Waals surface area contributed by atoms with Gasteiger partial charge in [0.05, 0.1) is 0 Å². The van der Waals surface area contributed by atoms with Crippen molar-refractivity contribution in [1.29, 1.82) is 0 Å². The summed E-state index contributed by atoms with van der Waals surface area (Å²) in [4.78, 5) is 11.0. The van der Waals surface area contributed by atoms with Crippen molar-refractivity contribution in [3.63, 3.8) is 0 Å². The Labute approximate surface area is 81.9 Å². The standard InChI is InChI=1S/C10H12FNO2/c1-3-12-10(13)14-9-6-7(2)4-5-8(9)11/h4-6H,3H2,1-2H3,(H,12,13). The second kappa shape index (κ2) is 4.60.